The molecule has 0 aromatic carbocycles. The van der Waals surface area contributed by atoms with Gasteiger partial charge in [0.25, 0.3) is 0 Å². The Balaban J connectivity index is 4.48. The summed E-state index contributed by atoms with van der Waals surface area (Å²) in [6, 6.07) is -0.855. The first-order valence-corrected chi connectivity index (χ1v) is 21.2. The van der Waals surface area contributed by atoms with Gasteiger partial charge in [-0.3, -0.25) is 13.8 Å². The average Bonchev–Trinajstić information content (AvgIpc) is 3.02. The van der Waals surface area contributed by atoms with Gasteiger partial charge in [0.05, 0.1) is 39.9 Å². The second-order valence-corrected chi connectivity index (χ2v) is 16.1. The van der Waals surface area contributed by atoms with Gasteiger partial charge < -0.3 is 19.8 Å². The number of carbonyl (C=O) groups excluding carboxylic acids is 1. The highest BCUT2D eigenvalue weighted by atomic mass is 31.2. The van der Waals surface area contributed by atoms with Crippen LogP contribution in [0.15, 0.2) is 24.3 Å². The molecule has 284 valence electrons. The van der Waals surface area contributed by atoms with Gasteiger partial charge in [0, 0.05) is 6.42 Å². The molecular weight excluding hydrogens is 623 g/mol. The van der Waals surface area contributed by atoms with E-state index in [9.17, 15) is 19.4 Å². The molecule has 8 nitrogen and oxygen atoms in total. The van der Waals surface area contributed by atoms with Gasteiger partial charge in [0.15, 0.2) is 0 Å². The van der Waals surface area contributed by atoms with E-state index in [1.54, 1.807) is 6.08 Å². The van der Waals surface area contributed by atoms with Crippen LogP contribution >= 0.6 is 7.82 Å². The number of likely N-dealkylation sites (N-methyl/N-ethyl adjacent to an activating group) is 1. The SMILES string of the molecule is CCCCCC/C=C\CCCC(=O)NC(COP(=O)(O)OCC[N+](C)(C)C)C(O)/C=C/CCCCCCCCCCCCCCCCC. The van der Waals surface area contributed by atoms with Crippen molar-refractivity contribution in [3.05, 3.63) is 24.3 Å². The van der Waals surface area contributed by atoms with Crippen molar-refractivity contribution in [3.63, 3.8) is 0 Å². The number of hydrogen-bond acceptors (Lipinski definition) is 5. The second kappa shape index (κ2) is 31.9. The van der Waals surface area contributed by atoms with Crippen LogP contribution in [0.5, 0.6) is 0 Å². The number of amides is 1. The highest BCUT2D eigenvalue weighted by Crippen LogP contribution is 2.43. The number of unbranched alkanes of at least 4 members (excludes halogenated alkanes) is 20. The van der Waals surface area contributed by atoms with Crippen LogP contribution in [0, 0.1) is 0 Å². The number of quaternary nitrogens is 1. The van der Waals surface area contributed by atoms with Gasteiger partial charge in [-0.25, -0.2) is 4.57 Å². The number of allylic oxidation sites excluding steroid dienone is 3. The van der Waals surface area contributed by atoms with Crippen molar-refractivity contribution >= 4 is 13.7 Å². The molecule has 0 bridgehead atoms. The van der Waals surface area contributed by atoms with Crippen molar-refractivity contribution in [2.24, 2.45) is 0 Å². The number of aliphatic hydroxyl groups is 1. The minimum absolute atomic E-state index is 0.0577. The van der Waals surface area contributed by atoms with Gasteiger partial charge in [0.1, 0.15) is 13.2 Å². The Morgan fingerprint density at radius 2 is 1.12 bits per heavy atom. The first-order chi connectivity index (χ1) is 23.0. The van der Waals surface area contributed by atoms with Crippen LogP contribution < -0.4 is 5.32 Å². The maximum Gasteiger partial charge on any atom is 0.472 e. The lowest BCUT2D eigenvalue weighted by atomic mass is 10.0. The predicted octanol–water partition coefficient (Wildman–Crippen LogP) is 10.2. The molecule has 0 rings (SSSR count). The molecule has 0 aromatic heterocycles. The van der Waals surface area contributed by atoms with Gasteiger partial charge in [0.2, 0.25) is 5.91 Å². The summed E-state index contributed by atoms with van der Waals surface area (Å²) in [5, 5.41) is 13.7. The number of carbonyl (C=O) groups is 1. The third kappa shape index (κ3) is 33.5. The Morgan fingerprint density at radius 3 is 1.62 bits per heavy atom. The zero-order chi connectivity index (χ0) is 35.8. The van der Waals surface area contributed by atoms with Crippen molar-refractivity contribution in [3.8, 4) is 0 Å². The minimum atomic E-state index is -4.33. The smallest absolute Gasteiger partial charge is 0.387 e. The zero-order valence-electron chi connectivity index (χ0n) is 32.0. The number of nitrogens with one attached hydrogen (secondary N) is 1. The van der Waals surface area contributed by atoms with E-state index in [-0.39, 0.29) is 19.1 Å². The molecule has 0 saturated heterocycles. The molecule has 0 spiro atoms. The van der Waals surface area contributed by atoms with Crippen molar-refractivity contribution in [1.82, 2.24) is 5.32 Å². The number of rotatable bonds is 35. The summed E-state index contributed by atoms with van der Waals surface area (Å²) in [5.74, 6) is -0.214. The van der Waals surface area contributed by atoms with Crippen LogP contribution in [0.3, 0.4) is 0 Å². The van der Waals surface area contributed by atoms with E-state index in [1.165, 1.54) is 109 Å². The summed E-state index contributed by atoms with van der Waals surface area (Å²) in [7, 11) is 1.55. The topological polar surface area (TPSA) is 105 Å². The Labute approximate surface area is 296 Å². The maximum absolute atomic E-state index is 12.7. The fraction of sp³-hybridized carbons (Fsp3) is 0.872. The lowest BCUT2D eigenvalue weighted by Gasteiger charge is -2.25. The molecule has 3 N–H and O–H groups in total. The lowest BCUT2D eigenvalue weighted by molar-refractivity contribution is -0.870. The van der Waals surface area contributed by atoms with Crippen molar-refractivity contribution in [1.29, 1.82) is 0 Å². The summed E-state index contributed by atoms with van der Waals surface area (Å²) in [6.07, 6.45) is 35.4. The highest BCUT2D eigenvalue weighted by Gasteiger charge is 2.27. The van der Waals surface area contributed by atoms with Crippen LogP contribution in [0.25, 0.3) is 0 Å². The molecule has 0 aliphatic rings. The monoisotopic (exact) mass is 702 g/mol. The zero-order valence-corrected chi connectivity index (χ0v) is 32.9. The van der Waals surface area contributed by atoms with Crippen LogP contribution in [0.2, 0.25) is 0 Å². The Bertz CT molecular complexity index is 845. The Hall–Kier alpha value is -1.02. The average molecular weight is 702 g/mol. The van der Waals surface area contributed by atoms with Crippen molar-refractivity contribution in [2.75, 3.05) is 40.9 Å². The standard InChI is InChI=1S/C39H77N2O6P/c1-6-8-10-12-14-16-17-18-19-20-21-22-23-25-26-28-30-32-38(42)37(36-47-48(44,45)46-35-34-41(3,4)5)40-39(43)33-31-29-27-24-15-13-11-9-7-2/h24,27,30,32,37-38,42H,6-23,25-26,28-29,31,33-36H2,1-5H3,(H-,40,43,44,45)/p+1/b27-24-,32-30+. The molecule has 0 heterocycles. The maximum atomic E-state index is 12.7. The van der Waals surface area contributed by atoms with Crippen LogP contribution in [-0.2, 0) is 18.4 Å². The van der Waals surface area contributed by atoms with E-state index < -0.39 is 20.0 Å². The molecule has 9 heteroatoms. The summed E-state index contributed by atoms with van der Waals surface area (Å²) < 4.78 is 23.4. The highest BCUT2D eigenvalue weighted by molar-refractivity contribution is 7.47. The van der Waals surface area contributed by atoms with Crippen LogP contribution in [0.1, 0.15) is 168 Å². The van der Waals surface area contributed by atoms with Crippen molar-refractivity contribution < 1.29 is 32.9 Å². The van der Waals surface area contributed by atoms with E-state index in [2.05, 4.69) is 31.3 Å². The first kappa shape index (κ1) is 47.0. The quantitative estimate of drug-likeness (QED) is 0.0263. The molecule has 1 amide bonds. The normalized spacial score (nSPS) is 14.9. The largest absolute Gasteiger partial charge is 0.472 e. The van der Waals surface area contributed by atoms with Crippen molar-refractivity contribution in [2.45, 2.75) is 180 Å². The molecule has 48 heavy (non-hydrogen) atoms. The molecule has 3 unspecified atom stereocenters. The molecule has 0 saturated carbocycles. The van der Waals surface area contributed by atoms with E-state index >= 15 is 0 Å². The fourth-order valence-corrected chi connectivity index (χ4v) is 6.19. The van der Waals surface area contributed by atoms with E-state index in [0.717, 1.165) is 32.1 Å². The third-order valence-corrected chi connectivity index (χ3v) is 9.65. The van der Waals surface area contributed by atoms with Gasteiger partial charge in [-0.2, -0.15) is 0 Å². The molecule has 0 aliphatic heterocycles. The molecule has 0 radical (unpaired) electrons. The van der Waals surface area contributed by atoms with Gasteiger partial charge in [-0.1, -0.05) is 147 Å². The molecule has 3 atom stereocenters. The summed E-state index contributed by atoms with van der Waals surface area (Å²) in [5.41, 5.74) is 0. The van der Waals surface area contributed by atoms with Gasteiger partial charge in [-0.15, -0.1) is 0 Å². The lowest BCUT2D eigenvalue weighted by Crippen LogP contribution is -2.45. The van der Waals surface area contributed by atoms with E-state index in [1.807, 2.05) is 27.2 Å². The van der Waals surface area contributed by atoms with Crippen LogP contribution in [-0.4, -0.2) is 73.4 Å². The predicted molar refractivity (Wildman–Crippen MR) is 203 cm³/mol. The number of nitrogens with zero attached hydrogens (tertiary/aromatic N) is 1. The van der Waals surface area contributed by atoms with Crippen LogP contribution in [0.4, 0.5) is 0 Å². The van der Waals surface area contributed by atoms with Gasteiger partial charge in [-0.05, 0) is 38.5 Å². The molecule has 0 aromatic rings. The molecule has 0 fully saturated rings. The van der Waals surface area contributed by atoms with E-state index in [4.69, 9.17) is 9.05 Å². The third-order valence-electron chi connectivity index (χ3n) is 8.67. The molecule has 0 aliphatic carbocycles. The number of phosphoric acid groups is 1. The first-order valence-electron chi connectivity index (χ1n) is 19.7. The van der Waals surface area contributed by atoms with Gasteiger partial charge >= 0.3 is 7.82 Å². The Morgan fingerprint density at radius 1 is 0.688 bits per heavy atom. The number of aliphatic hydroxyl groups excluding tert-OH is 1. The summed E-state index contributed by atoms with van der Waals surface area (Å²) >= 11 is 0. The van der Waals surface area contributed by atoms with E-state index in [0.29, 0.717) is 23.9 Å². The fourth-order valence-electron chi connectivity index (χ4n) is 5.45. The summed E-state index contributed by atoms with van der Waals surface area (Å²) in [6.45, 7) is 4.74. The number of hydrogen-bond donors (Lipinski definition) is 3. The summed E-state index contributed by atoms with van der Waals surface area (Å²) in [4.78, 5) is 22.9. The molecular formula is C39H78N2O6P+. The minimum Gasteiger partial charge on any atom is -0.387 e. The second-order valence-electron chi connectivity index (χ2n) is 14.7. The Kier molecular flexibility index (Phi) is 31.2. The number of phosphoric ester groups is 1.